The minimum absolute atomic E-state index is 0.463. The molecule has 1 unspecified atom stereocenters. The zero-order valence-corrected chi connectivity index (χ0v) is 11.7. The minimum atomic E-state index is 0.463. The summed E-state index contributed by atoms with van der Waals surface area (Å²) in [6.45, 7) is 6.83. The van der Waals surface area contributed by atoms with Crippen LogP contribution in [-0.4, -0.2) is 55.9 Å². The molecule has 0 aromatic carbocycles. The van der Waals surface area contributed by atoms with Crippen LogP contribution < -0.4 is 15.5 Å². The van der Waals surface area contributed by atoms with Gasteiger partial charge in [-0.25, -0.2) is 9.97 Å². The fourth-order valence-corrected chi connectivity index (χ4v) is 2.22. The lowest BCUT2D eigenvalue weighted by atomic mass is 10.2. The van der Waals surface area contributed by atoms with Crippen molar-refractivity contribution in [1.82, 2.24) is 15.3 Å². The molecule has 19 heavy (non-hydrogen) atoms. The van der Waals surface area contributed by atoms with E-state index in [9.17, 15) is 0 Å². The largest absolute Gasteiger partial charge is 0.385 e. The Morgan fingerprint density at radius 1 is 1.53 bits per heavy atom. The number of ether oxygens (including phenoxy) is 1. The first-order valence-corrected chi connectivity index (χ1v) is 6.83. The Labute approximate surface area is 114 Å². The van der Waals surface area contributed by atoms with Crippen molar-refractivity contribution in [3.05, 3.63) is 12.4 Å². The first-order valence-electron chi connectivity index (χ1n) is 6.83. The quantitative estimate of drug-likeness (QED) is 0.739. The third-order valence-corrected chi connectivity index (χ3v) is 3.28. The molecule has 2 heterocycles. The molecule has 0 spiro atoms. The molecule has 0 saturated carbocycles. The van der Waals surface area contributed by atoms with Gasteiger partial charge in [0.05, 0.1) is 0 Å². The Hall–Kier alpha value is -1.40. The summed E-state index contributed by atoms with van der Waals surface area (Å²) in [5.74, 6) is 1.88. The second-order valence-corrected chi connectivity index (χ2v) is 4.78. The standard InChI is InChI=1S/C13H23N5O/c1-11-9-14-5-6-18(11)13-8-12(16-10-17-13)15-4-3-7-19-2/h8,10-11,14H,3-7,9H2,1-2H3,(H,15,16,17). The monoisotopic (exact) mass is 265 g/mol. The van der Waals surface area contributed by atoms with Crippen LogP contribution in [0, 0.1) is 0 Å². The molecule has 2 rings (SSSR count). The third kappa shape index (κ3) is 4.04. The second-order valence-electron chi connectivity index (χ2n) is 4.78. The highest BCUT2D eigenvalue weighted by atomic mass is 16.5. The van der Waals surface area contributed by atoms with Gasteiger partial charge >= 0.3 is 0 Å². The lowest BCUT2D eigenvalue weighted by Gasteiger charge is -2.34. The molecular formula is C13H23N5O. The Balaban J connectivity index is 1.94. The number of nitrogens with zero attached hydrogens (tertiary/aromatic N) is 3. The molecule has 0 radical (unpaired) electrons. The number of hydrogen-bond acceptors (Lipinski definition) is 6. The summed E-state index contributed by atoms with van der Waals surface area (Å²) >= 11 is 0. The van der Waals surface area contributed by atoms with Crippen LogP contribution in [0.15, 0.2) is 12.4 Å². The van der Waals surface area contributed by atoms with E-state index in [0.29, 0.717) is 6.04 Å². The van der Waals surface area contributed by atoms with Crippen molar-refractivity contribution in [2.75, 3.05) is 50.1 Å². The Kier molecular flexibility index (Phi) is 5.35. The van der Waals surface area contributed by atoms with Gasteiger partial charge in [-0.15, -0.1) is 0 Å². The summed E-state index contributed by atoms with van der Waals surface area (Å²) in [7, 11) is 1.72. The van der Waals surface area contributed by atoms with Gasteiger partial charge in [0.1, 0.15) is 18.0 Å². The van der Waals surface area contributed by atoms with Crippen LogP contribution in [-0.2, 0) is 4.74 Å². The summed E-state index contributed by atoms with van der Waals surface area (Å²) in [6.07, 6.45) is 2.60. The first kappa shape index (κ1) is 14.0. The zero-order chi connectivity index (χ0) is 13.5. The molecule has 0 aliphatic carbocycles. The maximum absolute atomic E-state index is 5.02. The van der Waals surface area contributed by atoms with Gasteiger partial charge in [0.15, 0.2) is 0 Å². The van der Waals surface area contributed by atoms with Crippen LogP contribution in [0.5, 0.6) is 0 Å². The molecule has 6 heteroatoms. The number of methoxy groups -OCH3 is 1. The number of aromatic nitrogens is 2. The summed E-state index contributed by atoms with van der Waals surface area (Å²) in [5.41, 5.74) is 0. The highest BCUT2D eigenvalue weighted by molar-refractivity contribution is 5.49. The molecule has 6 nitrogen and oxygen atoms in total. The molecule has 1 aliphatic rings. The van der Waals surface area contributed by atoms with Gasteiger partial charge in [-0.3, -0.25) is 0 Å². The Bertz CT molecular complexity index is 387. The van der Waals surface area contributed by atoms with Crippen LogP contribution in [0.4, 0.5) is 11.6 Å². The van der Waals surface area contributed by atoms with Crippen molar-refractivity contribution in [2.45, 2.75) is 19.4 Å². The molecule has 1 fully saturated rings. The van der Waals surface area contributed by atoms with Gasteiger partial charge in [0, 0.05) is 52.0 Å². The Morgan fingerprint density at radius 2 is 2.42 bits per heavy atom. The van der Waals surface area contributed by atoms with E-state index < -0.39 is 0 Å². The molecule has 1 aromatic heterocycles. The van der Waals surface area contributed by atoms with Crippen LogP contribution >= 0.6 is 0 Å². The van der Waals surface area contributed by atoms with Gasteiger partial charge in [0.25, 0.3) is 0 Å². The highest BCUT2D eigenvalue weighted by Gasteiger charge is 2.19. The molecule has 1 aliphatic heterocycles. The summed E-state index contributed by atoms with van der Waals surface area (Å²) < 4.78 is 5.02. The molecule has 1 saturated heterocycles. The Morgan fingerprint density at radius 3 is 3.21 bits per heavy atom. The predicted molar refractivity (Wildman–Crippen MR) is 76.7 cm³/mol. The highest BCUT2D eigenvalue weighted by Crippen LogP contribution is 2.17. The van der Waals surface area contributed by atoms with Crippen molar-refractivity contribution < 1.29 is 4.74 Å². The lowest BCUT2D eigenvalue weighted by Crippen LogP contribution is -2.50. The maximum Gasteiger partial charge on any atom is 0.134 e. The molecule has 1 aromatic rings. The van der Waals surface area contributed by atoms with E-state index in [2.05, 4.69) is 32.4 Å². The van der Waals surface area contributed by atoms with Crippen LogP contribution in [0.25, 0.3) is 0 Å². The first-order chi connectivity index (χ1) is 9.31. The lowest BCUT2D eigenvalue weighted by molar-refractivity contribution is 0.198. The van der Waals surface area contributed by atoms with E-state index >= 15 is 0 Å². The van der Waals surface area contributed by atoms with Crippen molar-refractivity contribution in [1.29, 1.82) is 0 Å². The smallest absolute Gasteiger partial charge is 0.134 e. The van der Waals surface area contributed by atoms with Crippen LogP contribution in [0.2, 0.25) is 0 Å². The predicted octanol–water partition coefficient (Wildman–Crippen LogP) is 0.723. The number of hydrogen-bond donors (Lipinski definition) is 2. The fourth-order valence-electron chi connectivity index (χ4n) is 2.22. The summed E-state index contributed by atoms with van der Waals surface area (Å²) in [6, 6.07) is 2.49. The molecule has 1 atom stereocenters. The van der Waals surface area contributed by atoms with E-state index in [4.69, 9.17) is 4.74 Å². The van der Waals surface area contributed by atoms with Crippen molar-refractivity contribution >= 4 is 11.6 Å². The third-order valence-electron chi connectivity index (χ3n) is 3.28. The average molecular weight is 265 g/mol. The summed E-state index contributed by atoms with van der Waals surface area (Å²) in [5, 5.41) is 6.68. The van der Waals surface area contributed by atoms with Gasteiger partial charge in [-0.2, -0.15) is 0 Å². The average Bonchev–Trinajstić information content (AvgIpc) is 2.44. The van der Waals surface area contributed by atoms with E-state index in [1.165, 1.54) is 0 Å². The number of rotatable bonds is 6. The fraction of sp³-hybridized carbons (Fsp3) is 0.692. The van der Waals surface area contributed by atoms with Gasteiger partial charge in [-0.1, -0.05) is 0 Å². The van der Waals surface area contributed by atoms with Gasteiger partial charge in [-0.05, 0) is 13.3 Å². The number of piperazine rings is 1. The normalized spacial score (nSPS) is 19.5. The van der Waals surface area contributed by atoms with E-state index in [0.717, 1.165) is 50.8 Å². The van der Waals surface area contributed by atoms with Crippen LogP contribution in [0.3, 0.4) is 0 Å². The SMILES string of the molecule is COCCCNc1cc(N2CCNCC2C)ncn1. The molecule has 2 N–H and O–H groups in total. The number of nitrogens with one attached hydrogen (secondary N) is 2. The van der Waals surface area contributed by atoms with Gasteiger partial charge in [0.2, 0.25) is 0 Å². The zero-order valence-electron chi connectivity index (χ0n) is 11.7. The number of anilines is 2. The van der Waals surface area contributed by atoms with Crippen molar-refractivity contribution in [3.8, 4) is 0 Å². The van der Waals surface area contributed by atoms with Gasteiger partial charge < -0.3 is 20.3 Å². The molecule has 106 valence electrons. The maximum atomic E-state index is 5.02. The molecule has 0 bridgehead atoms. The van der Waals surface area contributed by atoms with Crippen molar-refractivity contribution in [3.63, 3.8) is 0 Å². The second kappa shape index (κ2) is 7.25. The van der Waals surface area contributed by atoms with E-state index in [1.54, 1.807) is 13.4 Å². The topological polar surface area (TPSA) is 62.3 Å². The molecular weight excluding hydrogens is 242 g/mol. The van der Waals surface area contributed by atoms with Crippen molar-refractivity contribution in [2.24, 2.45) is 0 Å². The molecule has 0 amide bonds. The summed E-state index contributed by atoms with van der Waals surface area (Å²) in [4.78, 5) is 10.9. The van der Waals surface area contributed by atoms with Crippen LogP contribution in [0.1, 0.15) is 13.3 Å². The van der Waals surface area contributed by atoms with E-state index in [-0.39, 0.29) is 0 Å². The minimum Gasteiger partial charge on any atom is -0.385 e. The van der Waals surface area contributed by atoms with E-state index in [1.807, 2.05) is 6.07 Å².